The molecule has 27 heavy (non-hydrogen) atoms. The fourth-order valence-electron chi connectivity index (χ4n) is 2.23. The predicted molar refractivity (Wildman–Crippen MR) is 96.7 cm³/mol. The normalized spacial score (nSPS) is 10.1. The summed E-state index contributed by atoms with van der Waals surface area (Å²) in [6.45, 7) is -0.392. The number of Topliss-reactive ketones (excluding diaryl/α,β-unsaturated/α-hetero) is 1. The highest BCUT2D eigenvalue weighted by Crippen LogP contribution is 2.15. The van der Waals surface area contributed by atoms with Crippen LogP contribution in [0.15, 0.2) is 79.1 Å². The lowest BCUT2D eigenvalue weighted by Gasteiger charge is -2.06. The number of benzene rings is 2. The molecule has 0 aliphatic heterocycles. The molecule has 0 N–H and O–H groups in total. The molecule has 0 spiro atoms. The molecule has 0 saturated carbocycles. The number of nitrogens with zero attached hydrogens (tertiary/aromatic N) is 1. The van der Waals surface area contributed by atoms with Crippen molar-refractivity contribution in [2.75, 3.05) is 6.61 Å². The van der Waals surface area contributed by atoms with Crippen molar-refractivity contribution in [1.82, 2.24) is 4.98 Å². The Morgan fingerprint density at radius 1 is 0.741 bits per heavy atom. The van der Waals surface area contributed by atoms with Crippen LogP contribution in [0.3, 0.4) is 0 Å². The molecule has 2 aromatic carbocycles. The van der Waals surface area contributed by atoms with Gasteiger partial charge in [0.15, 0.2) is 12.4 Å². The number of aromatic nitrogens is 1. The Hall–Kier alpha value is -3.80. The van der Waals surface area contributed by atoms with Gasteiger partial charge in [0.25, 0.3) is 0 Å². The molecule has 3 aromatic rings. The molecule has 0 aliphatic carbocycles. The van der Waals surface area contributed by atoms with E-state index in [-0.39, 0.29) is 11.3 Å². The number of esters is 2. The van der Waals surface area contributed by atoms with Gasteiger partial charge in [-0.15, -0.1) is 0 Å². The molecule has 0 aliphatic rings. The summed E-state index contributed by atoms with van der Waals surface area (Å²) in [4.78, 5) is 39.8. The van der Waals surface area contributed by atoms with Gasteiger partial charge in [-0.2, -0.15) is 0 Å². The van der Waals surface area contributed by atoms with Crippen LogP contribution in [0.5, 0.6) is 5.75 Å². The average Bonchev–Trinajstić information content (AvgIpc) is 2.73. The topological polar surface area (TPSA) is 82.6 Å². The van der Waals surface area contributed by atoms with E-state index in [4.69, 9.17) is 9.47 Å². The fraction of sp³-hybridized carbons (Fsp3) is 0.0476. The maximum Gasteiger partial charge on any atom is 0.343 e. The molecule has 0 amide bonds. The number of ether oxygens (including phenoxy) is 2. The number of rotatable bonds is 6. The smallest absolute Gasteiger partial charge is 0.343 e. The molecule has 0 saturated heterocycles. The predicted octanol–water partition coefficient (Wildman–Crippen LogP) is 3.34. The van der Waals surface area contributed by atoms with E-state index < -0.39 is 18.5 Å². The minimum absolute atomic E-state index is 0.272. The largest absolute Gasteiger partial charge is 0.454 e. The van der Waals surface area contributed by atoms with E-state index >= 15 is 0 Å². The van der Waals surface area contributed by atoms with Gasteiger partial charge in [-0.05, 0) is 48.5 Å². The Balaban J connectivity index is 1.56. The van der Waals surface area contributed by atoms with Gasteiger partial charge in [-0.25, -0.2) is 9.59 Å². The lowest BCUT2D eigenvalue weighted by Crippen LogP contribution is -2.14. The van der Waals surface area contributed by atoms with Crippen LogP contribution in [-0.2, 0) is 4.74 Å². The summed E-state index contributed by atoms with van der Waals surface area (Å²) in [6.07, 6.45) is 2.90. The number of pyridine rings is 1. The van der Waals surface area contributed by atoms with E-state index in [0.29, 0.717) is 16.9 Å². The maximum atomic E-state index is 12.1. The molecule has 3 rings (SSSR count). The van der Waals surface area contributed by atoms with Gasteiger partial charge < -0.3 is 9.47 Å². The molecule has 6 heteroatoms. The van der Waals surface area contributed by atoms with Gasteiger partial charge >= 0.3 is 11.9 Å². The SMILES string of the molecule is O=C(COC(=O)c1cccnc1)c1ccc(OC(=O)c2ccccc2)cc1. The Bertz CT molecular complexity index is 937. The third-order valence-corrected chi connectivity index (χ3v) is 3.63. The molecule has 134 valence electrons. The summed E-state index contributed by atoms with van der Waals surface area (Å²) in [7, 11) is 0. The van der Waals surface area contributed by atoms with Crippen molar-refractivity contribution in [3.05, 3.63) is 95.8 Å². The molecule has 0 bridgehead atoms. The minimum atomic E-state index is -0.620. The Kier molecular flexibility index (Phi) is 5.69. The van der Waals surface area contributed by atoms with Crippen molar-refractivity contribution in [2.24, 2.45) is 0 Å². The van der Waals surface area contributed by atoms with Crippen molar-refractivity contribution in [3.8, 4) is 5.75 Å². The van der Waals surface area contributed by atoms with Gasteiger partial charge in [-0.1, -0.05) is 18.2 Å². The summed E-state index contributed by atoms with van der Waals surface area (Å²) in [5, 5.41) is 0. The lowest BCUT2D eigenvalue weighted by molar-refractivity contribution is 0.0474. The number of ketones is 1. The summed E-state index contributed by atoms with van der Waals surface area (Å²) in [5.41, 5.74) is 1.04. The third-order valence-electron chi connectivity index (χ3n) is 3.63. The average molecular weight is 361 g/mol. The van der Waals surface area contributed by atoms with Gasteiger partial charge in [0.2, 0.25) is 0 Å². The summed E-state index contributed by atoms with van der Waals surface area (Å²) in [6, 6.07) is 17.8. The molecule has 6 nitrogen and oxygen atoms in total. The zero-order valence-electron chi connectivity index (χ0n) is 14.2. The molecular weight excluding hydrogens is 346 g/mol. The first-order chi connectivity index (χ1) is 13.1. The zero-order chi connectivity index (χ0) is 19.1. The molecular formula is C21H15NO5. The first-order valence-electron chi connectivity index (χ1n) is 8.11. The highest BCUT2D eigenvalue weighted by Gasteiger charge is 2.13. The lowest BCUT2D eigenvalue weighted by atomic mass is 10.1. The van der Waals surface area contributed by atoms with Crippen molar-refractivity contribution in [1.29, 1.82) is 0 Å². The summed E-state index contributed by atoms with van der Waals surface area (Å²) >= 11 is 0. The van der Waals surface area contributed by atoms with Gasteiger partial charge in [-0.3, -0.25) is 9.78 Å². The second-order valence-corrected chi connectivity index (χ2v) is 5.52. The number of hydrogen-bond acceptors (Lipinski definition) is 6. The Labute approximate surface area is 155 Å². The second kappa shape index (κ2) is 8.53. The molecule has 0 unspecified atom stereocenters. The van der Waals surface area contributed by atoms with Crippen LogP contribution in [0.1, 0.15) is 31.1 Å². The molecule has 1 aromatic heterocycles. The first kappa shape index (κ1) is 18.0. The highest BCUT2D eigenvalue weighted by molar-refractivity contribution is 5.99. The molecule has 0 atom stereocenters. The van der Waals surface area contributed by atoms with E-state index in [0.717, 1.165) is 0 Å². The molecule has 0 radical (unpaired) electrons. The van der Waals surface area contributed by atoms with Crippen molar-refractivity contribution < 1.29 is 23.9 Å². The zero-order valence-corrected chi connectivity index (χ0v) is 14.2. The van der Waals surface area contributed by atoms with Crippen LogP contribution in [0.25, 0.3) is 0 Å². The quantitative estimate of drug-likeness (QED) is 0.380. The second-order valence-electron chi connectivity index (χ2n) is 5.52. The molecule has 1 heterocycles. The fourth-order valence-corrected chi connectivity index (χ4v) is 2.23. The van der Waals surface area contributed by atoms with Crippen LogP contribution < -0.4 is 4.74 Å². The standard InChI is InChI=1S/C21H15NO5/c23-19(14-26-20(24)17-7-4-12-22-13-17)15-8-10-18(11-9-15)27-21(25)16-5-2-1-3-6-16/h1-13H,14H2. The van der Waals surface area contributed by atoms with Crippen LogP contribution in [0, 0.1) is 0 Å². The van der Waals surface area contributed by atoms with Crippen molar-refractivity contribution >= 4 is 17.7 Å². The van der Waals surface area contributed by atoms with E-state index in [9.17, 15) is 14.4 Å². The van der Waals surface area contributed by atoms with E-state index in [1.807, 2.05) is 0 Å². The van der Waals surface area contributed by atoms with E-state index in [2.05, 4.69) is 4.98 Å². The van der Waals surface area contributed by atoms with Crippen molar-refractivity contribution in [2.45, 2.75) is 0 Å². The number of carbonyl (C=O) groups excluding carboxylic acids is 3. The highest BCUT2D eigenvalue weighted by atomic mass is 16.5. The third kappa shape index (κ3) is 4.85. The van der Waals surface area contributed by atoms with Gasteiger partial charge in [0, 0.05) is 18.0 Å². The van der Waals surface area contributed by atoms with Crippen molar-refractivity contribution in [3.63, 3.8) is 0 Å². The molecule has 0 fully saturated rings. The van der Waals surface area contributed by atoms with E-state index in [1.54, 1.807) is 42.5 Å². The summed E-state index contributed by atoms with van der Waals surface area (Å²) < 4.78 is 10.2. The number of carbonyl (C=O) groups is 3. The summed E-state index contributed by atoms with van der Waals surface area (Å²) in [5.74, 6) is -1.16. The number of hydrogen-bond donors (Lipinski definition) is 0. The van der Waals surface area contributed by atoms with Crippen LogP contribution in [0.4, 0.5) is 0 Å². The maximum absolute atomic E-state index is 12.1. The van der Waals surface area contributed by atoms with Crippen LogP contribution in [-0.4, -0.2) is 29.3 Å². The monoisotopic (exact) mass is 361 g/mol. The Morgan fingerprint density at radius 3 is 2.11 bits per heavy atom. The van der Waals surface area contributed by atoms with Crippen LogP contribution >= 0.6 is 0 Å². The van der Waals surface area contributed by atoms with Gasteiger partial charge in [0.05, 0.1) is 11.1 Å². The van der Waals surface area contributed by atoms with Gasteiger partial charge in [0.1, 0.15) is 5.75 Å². The van der Waals surface area contributed by atoms with Crippen LogP contribution in [0.2, 0.25) is 0 Å². The minimum Gasteiger partial charge on any atom is -0.454 e. The first-order valence-corrected chi connectivity index (χ1v) is 8.11. The van der Waals surface area contributed by atoms with E-state index in [1.165, 1.54) is 36.7 Å². The Morgan fingerprint density at radius 2 is 1.44 bits per heavy atom.